The highest BCUT2D eigenvalue weighted by Gasteiger charge is 2.10. The molecule has 5 nitrogen and oxygen atoms in total. The lowest BCUT2D eigenvalue weighted by Crippen LogP contribution is -2.18. The molecule has 0 unspecified atom stereocenters. The van der Waals surface area contributed by atoms with E-state index in [0.29, 0.717) is 17.1 Å². The molecule has 0 aliphatic rings. The minimum atomic E-state index is -0.348. The van der Waals surface area contributed by atoms with Gasteiger partial charge in [-0.2, -0.15) is 5.10 Å². The first kappa shape index (κ1) is 15.0. The molecule has 0 spiro atoms. The van der Waals surface area contributed by atoms with Gasteiger partial charge in [-0.25, -0.2) is 5.43 Å². The van der Waals surface area contributed by atoms with Crippen LogP contribution in [0.4, 0.5) is 0 Å². The smallest absolute Gasteiger partial charge is 0.275 e. The zero-order chi connectivity index (χ0) is 14.5. The van der Waals surface area contributed by atoms with Gasteiger partial charge >= 0.3 is 0 Å². The number of halogens is 2. The van der Waals surface area contributed by atoms with Crippen LogP contribution in [0.2, 0.25) is 0 Å². The molecule has 20 heavy (non-hydrogen) atoms. The highest BCUT2D eigenvalue weighted by Crippen LogP contribution is 2.22. The maximum Gasteiger partial charge on any atom is 0.275 e. The third kappa shape index (κ3) is 3.60. The zero-order valence-corrected chi connectivity index (χ0v) is 14.1. The van der Waals surface area contributed by atoms with Crippen LogP contribution in [0.1, 0.15) is 16.1 Å². The van der Waals surface area contributed by atoms with Crippen LogP contribution >= 0.6 is 38.5 Å². The second-order valence-corrected chi connectivity index (χ2v) is 5.50. The number of para-hydroxylation sites is 1. The van der Waals surface area contributed by atoms with Crippen molar-refractivity contribution in [2.75, 3.05) is 7.11 Å². The van der Waals surface area contributed by atoms with E-state index in [9.17, 15) is 4.79 Å². The highest BCUT2D eigenvalue weighted by atomic mass is 127. The van der Waals surface area contributed by atoms with Gasteiger partial charge in [-0.05, 0) is 28.1 Å². The number of hydrazone groups is 1. The van der Waals surface area contributed by atoms with Gasteiger partial charge in [-0.3, -0.25) is 4.79 Å². The summed E-state index contributed by atoms with van der Waals surface area (Å²) in [7, 11) is 1.51. The number of nitrogens with zero attached hydrogens (tertiary/aromatic N) is 1. The minimum absolute atomic E-state index is 0.348. The number of carbonyl (C=O) groups excluding carboxylic acids is 1. The van der Waals surface area contributed by atoms with Gasteiger partial charge < -0.3 is 9.15 Å². The van der Waals surface area contributed by atoms with E-state index >= 15 is 0 Å². The van der Waals surface area contributed by atoms with Crippen LogP contribution in [-0.4, -0.2) is 19.2 Å². The number of benzene rings is 1. The summed E-state index contributed by atoms with van der Waals surface area (Å²) in [5, 5.41) is 3.85. The van der Waals surface area contributed by atoms with E-state index in [1.807, 2.05) is 22.6 Å². The third-order valence-electron chi connectivity index (χ3n) is 2.37. The molecule has 0 atom stereocenters. The second-order valence-electron chi connectivity index (χ2n) is 3.67. The summed E-state index contributed by atoms with van der Waals surface area (Å²) in [5.41, 5.74) is 2.84. The van der Waals surface area contributed by atoms with Gasteiger partial charge in [0.05, 0.1) is 23.4 Å². The lowest BCUT2D eigenvalue weighted by molar-refractivity contribution is 0.0952. The molecule has 7 heteroatoms. The number of nitrogens with one attached hydrogen (secondary N) is 1. The van der Waals surface area contributed by atoms with Crippen molar-refractivity contribution in [3.05, 3.63) is 49.9 Å². The Labute approximate surface area is 137 Å². The number of methoxy groups -OCH3 is 1. The number of rotatable bonds is 4. The molecule has 1 aromatic carbocycles. The molecular formula is C13H10BrIN2O3. The largest absolute Gasteiger partial charge is 0.496 e. The van der Waals surface area contributed by atoms with Crippen LogP contribution in [-0.2, 0) is 0 Å². The van der Waals surface area contributed by atoms with E-state index in [4.69, 9.17) is 9.15 Å². The van der Waals surface area contributed by atoms with Gasteiger partial charge in [0.2, 0.25) is 0 Å². The van der Waals surface area contributed by atoms with E-state index in [0.717, 1.165) is 8.24 Å². The van der Waals surface area contributed by atoms with Crippen LogP contribution in [0.5, 0.6) is 5.75 Å². The van der Waals surface area contributed by atoms with Crippen molar-refractivity contribution in [3.63, 3.8) is 0 Å². The van der Waals surface area contributed by atoms with Gasteiger partial charge in [-0.1, -0.05) is 12.1 Å². The Hall–Kier alpha value is -1.35. The molecule has 1 aromatic heterocycles. The monoisotopic (exact) mass is 448 g/mol. The van der Waals surface area contributed by atoms with E-state index in [1.54, 1.807) is 30.3 Å². The number of ether oxygens (including phenoxy) is 1. The number of furan rings is 1. The van der Waals surface area contributed by atoms with E-state index in [2.05, 4.69) is 26.5 Å². The van der Waals surface area contributed by atoms with Crippen LogP contribution < -0.4 is 10.2 Å². The Morgan fingerprint density at radius 1 is 1.50 bits per heavy atom. The minimum Gasteiger partial charge on any atom is -0.496 e. The van der Waals surface area contributed by atoms with Gasteiger partial charge in [0.15, 0.2) is 3.77 Å². The summed E-state index contributed by atoms with van der Waals surface area (Å²) < 4.78 is 12.0. The van der Waals surface area contributed by atoms with Crippen molar-refractivity contribution in [2.24, 2.45) is 5.10 Å². The van der Waals surface area contributed by atoms with Gasteiger partial charge in [0.25, 0.3) is 5.91 Å². The first-order valence-corrected chi connectivity index (χ1v) is 7.40. The molecular weight excluding hydrogens is 439 g/mol. The first-order valence-electron chi connectivity index (χ1n) is 5.53. The van der Waals surface area contributed by atoms with E-state index < -0.39 is 0 Å². The van der Waals surface area contributed by atoms with Crippen LogP contribution in [0, 0.1) is 3.77 Å². The van der Waals surface area contributed by atoms with Crippen molar-refractivity contribution in [1.82, 2.24) is 5.43 Å². The molecule has 0 saturated carbocycles. The normalized spacial score (nSPS) is 10.8. The number of carbonyl (C=O) groups is 1. The van der Waals surface area contributed by atoms with Crippen LogP contribution in [0.15, 0.2) is 44.3 Å². The van der Waals surface area contributed by atoms with E-state index in [1.165, 1.54) is 13.3 Å². The maximum absolute atomic E-state index is 11.9. The molecule has 0 saturated heterocycles. The van der Waals surface area contributed by atoms with Crippen molar-refractivity contribution in [3.8, 4) is 5.75 Å². The Morgan fingerprint density at radius 2 is 2.25 bits per heavy atom. The third-order valence-corrected chi connectivity index (χ3v) is 4.51. The van der Waals surface area contributed by atoms with Crippen molar-refractivity contribution in [2.45, 2.75) is 0 Å². The lowest BCUT2D eigenvalue weighted by atomic mass is 10.2. The van der Waals surface area contributed by atoms with Gasteiger partial charge in [-0.15, -0.1) is 0 Å². The van der Waals surface area contributed by atoms with Crippen molar-refractivity contribution >= 4 is 50.6 Å². The number of hydrogen-bond acceptors (Lipinski definition) is 4. The Bertz CT molecular complexity index is 635. The van der Waals surface area contributed by atoms with Gasteiger partial charge in [0.1, 0.15) is 11.5 Å². The SMILES string of the molecule is COc1ccccc1C(=O)N/N=C\c1cc(Br)c(I)o1. The average molecular weight is 449 g/mol. The molecule has 0 fully saturated rings. The fraction of sp³-hybridized carbons (Fsp3) is 0.0769. The van der Waals surface area contributed by atoms with E-state index in [-0.39, 0.29) is 5.91 Å². The summed E-state index contributed by atoms with van der Waals surface area (Å²) in [5.74, 6) is 0.691. The summed E-state index contributed by atoms with van der Waals surface area (Å²) >= 11 is 5.38. The predicted molar refractivity (Wildman–Crippen MR) is 87.2 cm³/mol. The standard InChI is InChI=1S/C13H10BrIN2O3/c1-19-11-5-3-2-4-9(11)13(18)17-16-7-8-6-10(14)12(15)20-8/h2-7H,1H3,(H,17,18)/b16-7-. The lowest BCUT2D eigenvalue weighted by Gasteiger charge is -2.05. The average Bonchev–Trinajstić information content (AvgIpc) is 2.77. The molecule has 104 valence electrons. The van der Waals surface area contributed by atoms with Crippen LogP contribution in [0.3, 0.4) is 0 Å². The molecule has 1 heterocycles. The molecule has 0 aliphatic carbocycles. The zero-order valence-electron chi connectivity index (χ0n) is 10.4. The van der Waals surface area contributed by atoms with Crippen LogP contribution in [0.25, 0.3) is 0 Å². The summed E-state index contributed by atoms with van der Waals surface area (Å²) in [6.45, 7) is 0. The number of hydrogen-bond donors (Lipinski definition) is 1. The predicted octanol–water partition coefficient (Wildman–Crippen LogP) is 3.42. The highest BCUT2D eigenvalue weighted by molar-refractivity contribution is 14.1. The van der Waals surface area contributed by atoms with Crippen molar-refractivity contribution in [1.29, 1.82) is 0 Å². The molecule has 1 amide bonds. The molecule has 2 aromatic rings. The molecule has 2 rings (SSSR count). The van der Waals surface area contributed by atoms with Crippen molar-refractivity contribution < 1.29 is 13.9 Å². The quantitative estimate of drug-likeness (QED) is 0.442. The second kappa shape index (κ2) is 6.89. The summed E-state index contributed by atoms with van der Waals surface area (Å²) in [4.78, 5) is 11.9. The summed E-state index contributed by atoms with van der Waals surface area (Å²) in [6.07, 6.45) is 1.43. The molecule has 0 radical (unpaired) electrons. The van der Waals surface area contributed by atoms with Gasteiger partial charge in [0, 0.05) is 28.7 Å². The fourth-order valence-electron chi connectivity index (χ4n) is 1.47. The number of amides is 1. The first-order chi connectivity index (χ1) is 9.61. The Kier molecular flexibility index (Phi) is 5.18. The molecule has 0 aliphatic heterocycles. The summed E-state index contributed by atoms with van der Waals surface area (Å²) in [6, 6.07) is 8.69. The molecule has 0 bridgehead atoms. The Balaban J connectivity index is 2.05. The fourth-order valence-corrected chi connectivity index (χ4v) is 2.19. The topological polar surface area (TPSA) is 63.8 Å². The Morgan fingerprint density at radius 3 is 2.90 bits per heavy atom. The maximum atomic E-state index is 11.9. The molecule has 1 N–H and O–H groups in total.